The summed E-state index contributed by atoms with van der Waals surface area (Å²) >= 11 is 0. The Labute approximate surface area is 127 Å². The molecule has 120 valence electrons. The third kappa shape index (κ3) is 7.83. The van der Waals surface area contributed by atoms with E-state index in [-0.39, 0.29) is 6.54 Å². The molecule has 1 N–H and O–H groups in total. The Morgan fingerprint density at radius 3 is 2.57 bits per heavy atom. The topological polar surface area (TPSA) is 68.0 Å². The highest BCUT2D eigenvalue weighted by Crippen LogP contribution is 2.21. The third-order valence-electron chi connectivity index (χ3n) is 3.81. The van der Waals surface area contributed by atoms with Gasteiger partial charge >= 0.3 is 5.97 Å². The summed E-state index contributed by atoms with van der Waals surface area (Å²) in [6.07, 6.45) is 12.8. The van der Waals surface area contributed by atoms with Crippen molar-refractivity contribution in [1.29, 1.82) is 0 Å². The second kappa shape index (κ2) is 10.4. The summed E-state index contributed by atoms with van der Waals surface area (Å²) in [6, 6.07) is 0. The molecule has 1 unspecified atom stereocenters. The van der Waals surface area contributed by atoms with Crippen LogP contribution in [0.5, 0.6) is 0 Å². The van der Waals surface area contributed by atoms with Crippen molar-refractivity contribution < 1.29 is 9.90 Å². The van der Waals surface area contributed by atoms with Crippen molar-refractivity contribution in [3.8, 4) is 0 Å². The number of rotatable bonds is 12. The Morgan fingerprint density at radius 2 is 1.90 bits per heavy atom. The van der Waals surface area contributed by atoms with Gasteiger partial charge in [-0.1, -0.05) is 70.4 Å². The molecule has 1 heterocycles. The molecule has 0 bridgehead atoms. The van der Waals surface area contributed by atoms with Crippen molar-refractivity contribution >= 4 is 5.97 Å². The Kier molecular flexibility index (Phi) is 8.71. The molecule has 5 heteroatoms. The lowest BCUT2D eigenvalue weighted by Crippen LogP contribution is -2.09. The summed E-state index contributed by atoms with van der Waals surface area (Å²) in [4.78, 5) is 10.7. The van der Waals surface area contributed by atoms with Crippen LogP contribution in [0.3, 0.4) is 0 Å². The molecular formula is C16H29N3O2. The van der Waals surface area contributed by atoms with Gasteiger partial charge in [0.1, 0.15) is 6.54 Å². The molecule has 0 spiro atoms. The van der Waals surface area contributed by atoms with Gasteiger partial charge in [-0.25, -0.2) is 4.68 Å². The number of hydrogen-bond donors (Lipinski definition) is 1. The zero-order valence-electron chi connectivity index (χ0n) is 13.4. The minimum atomic E-state index is -0.881. The van der Waals surface area contributed by atoms with Crippen LogP contribution in [-0.2, 0) is 17.8 Å². The van der Waals surface area contributed by atoms with Crippen molar-refractivity contribution in [2.75, 3.05) is 0 Å². The van der Waals surface area contributed by atoms with Crippen molar-refractivity contribution in [3.05, 3.63) is 11.9 Å². The minimum Gasteiger partial charge on any atom is -0.480 e. The van der Waals surface area contributed by atoms with Crippen LogP contribution in [-0.4, -0.2) is 26.1 Å². The number of hydrogen-bond acceptors (Lipinski definition) is 3. The smallest absolute Gasteiger partial charge is 0.325 e. The average Bonchev–Trinajstić information content (AvgIpc) is 2.87. The SMILES string of the molecule is CCCCCCC(CCCC)Cc1cn(CC(=O)O)nn1. The first-order valence-electron chi connectivity index (χ1n) is 8.26. The van der Waals surface area contributed by atoms with Crippen molar-refractivity contribution in [1.82, 2.24) is 15.0 Å². The van der Waals surface area contributed by atoms with Crippen LogP contribution in [0.25, 0.3) is 0 Å². The Hall–Kier alpha value is -1.39. The zero-order chi connectivity index (χ0) is 15.5. The Balaban J connectivity index is 2.46. The maximum atomic E-state index is 10.7. The first-order valence-corrected chi connectivity index (χ1v) is 8.26. The van der Waals surface area contributed by atoms with Gasteiger partial charge in [-0.2, -0.15) is 0 Å². The number of carboxylic acids is 1. The number of aromatic nitrogens is 3. The first kappa shape index (κ1) is 17.7. The van der Waals surface area contributed by atoms with E-state index in [2.05, 4.69) is 24.2 Å². The quantitative estimate of drug-likeness (QED) is 0.597. The molecule has 1 aromatic heterocycles. The predicted molar refractivity (Wildman–Crippen MR) is 83.1 cm³/mol. The summed E-state index contributed by atoms with van der Waals surface area (Å²) in [5, 5.41) is 16.7. The molecule has 0 aromatic carbocycles. The molecule has 0 fully saturated rings. The van der Waals surface area contributed by atoms with Gasteiger partial charge in [0, 0.05) is 6.20 Å². The van der Waals surface area contributed by atoms with Crippen LogP contribution >= 0.6 is 0 Å². The highest BCUT2D eigenvalue weighted by atomic mass is 16.4. The van der Waals surface area contributed by atoms with E-state index < -0.39 is 5.97 Å². The number of carbonyl (C=O) groups is 1. The number of aliphatic carboxylic acids is 1. The maximum absolute atomic E-state index is 10.7. The van der Waals surface area contributed by atoms with Crippen LogP contribution in [0.2, 0.25) is 0 Å². The monoisotopic (exact) mass is 295 g/mol. The summed E-state index contributed by atoms with van der Waals surface area (Å²) in [5.41, 5.74) is 0.924. The molecule has 0 aliphatic heterocycles. The summed E-state index contributed by atoms with van der Waals surface area (Å²) in [6.45, 7) is 4.34. The summed E-state index contributed by atoms with van der Waals surface area (Å²) in [7, 11) is 0. The highest BCUT2D eigenvalue weighted by molar-refractivity contribution is 5.66. The zero-order valence-corrected chi connectivity index (χ0v) is 13.4. The van der Waals surface area contributed by atoms with Crippen LogP contribution in [0, 0.1) is 5.92 Å². The van der Waals surface area contributed by atoms with Crippen molar-refractivity contribution in [2.45, 2.75) is 78.2 Å². The van der Waals surface area contributed by atoms with Crippen LogP contribution in [0.15, 0.2) is 6.20 Å². The van der Waals surface area contributed by atoms with E-state index in [1.165, 1.54) is 56.0 Å². The van der Waals surface area contributed by atoms with Gasteiger partial charge in [0.2, 0.25) is 0 Å². The fourth-order valence-corrected chi connectivity index (χ4v) is 2.64. The number of carboxylic acid groups (broad SMARTS) is 1. The largest absolute Gasteiger partial charge is 0.480 e. The lowest BCUT2D eigenvalue weighted by Gasteiger charge is -2.15. The molecule has 0 radical (unpaired) electrons. The summed E-state index contributed by atoms with van der Waals surface area (Å²) < 4.78 is 1.41. The van der Waals surface area contributed by atoms with Gasteiger partial charge in [-0.3, -0.25) is 4.79 Å². The average molecular weight is 295 g/mol. The van der Waals surface area contributed by atoms with E-state index in [1.54, 1.807) is 6.20 Å². The van der Waals surface area contributed by atoms with E-state index >= 15 is 0 Å². The Morgan fingerprint density at radius 1 is 1.19 bits per heavy atom. The molecular weight excluding hydrogens is 266 g/mol. The fourth-order valence-electron chi connectivity index (χ4n) is 2.64. The maximum Gasteiger partial charge on any atom is 0.325 e. The van der Waals surface area contributed by atoms with Gasteiger partial charge in [-0.15, -0.1) is 5.10 Å². The van der Waals surface area contributed by atoms with Gasteiger partial charge in [0.05, 0.1) is 5.69 Å². The molecule has 0 saturated carbocycles. The van der Waals surface area contributed by atoms with Gasteiger partial charge < -0.3 is 5.11 Å². The first-order chi connectivity index (χ1) is 10.2. The molecule has 0 aliphatic rings. The van der Waals surface area contributed by atoms with Crippen LogP contribution in [0.1, 0.15) is 70.9 Å². The van der Waals surface area contributed by atoms with E-state index in [0.717, 1.165) is 12.1 Å². The van der Waals surface area contributed by atoms with Gasteiger partial charge in [-0.05, 0) is 12.3 Å². The van der Waals surface area contributed by atoms with Crippen molar-refractivity contribution in [3.63, 3.8) is 0 Å². The number of unbranched alkanes of at least 4 members (excludes halogenated alkanes) is 4. The van der Waals surface area contributed by atoms with Crippen molar-refractivity contribution in [2.24, 2.45) is 5.92 Å². The Bertz CT molecular complexity index is 404. The lowest BCUT2D eigenvalue weighted by molar-refractivity contribution is -0.137. The van der Waals surface area contributed by atoms with E-state index in [9.17, 15) is 4.79 Å². The van der Waals surface area contributed by atoms with Crippen LogP contribution < -0.4 is 0 Å². The van der Waals surface area contributed by atoms with Gasteiger partial charge in [0.25, 0.3) is 0 Å². The van der Waals surface area contributed by atoms with E-state index in [4.69, 9.17) is 5.11 Å². The standard InChI is InChI=1S/C16H29N3O2/c1-3-5-7-8-10-14(9-6-4-2)11-15-12-19(18-17-15)13-16(20)21/h12,14H,3-11,13H2,1-2H3,(H,20,21). The van der Waals surface area contributed by atoms with Crippen LogP contribution in [0.4, 0.5) is 0 Å². The number of nitrogens with zero attached hydrogens (tertiary/aromatic N) is 3. The molecule has 1 rings (SSSR count). The molecule has 1 atom stereocenters. The molecule has 0 saturated heterocycles. The molecule has 5 nitrogen and oxygen atoms in total. The third-order valence-corrected chi connectivity index (χ3v) is 3.81. The van der Waals surface area contributed by atoms with E-state index in [0.29, 0.717) is 5.92 Å². The molecule has 1 aromatic rings. The van der Waals surface area contributed by atoms with E-state index in [1.807, 2.05) is 0 Å². The normalized spacial score (nSPS) is 12.5. The predicted octanol–water partition coefficient (Wildman–Crippen LogP) is 3.68. The van der Waals surface area contributed by atoms with Gasteiger partial charge in [0.15, 0.2) is 0 Å². The second-order valence-electron chi connectivity index (χ2n) is 5.86. The second-order valence-corrected chi connectivity index (χ2v) is 5.86. The lowest BCUT2D eigenvalue weighted by atomic mass is 9.91. The highest BCUT2D eigenvalue weighted by Gasteiger charge is 2.12. The fraction of sp³-hybridized carbons (Fsp3) is 0.812. The molecule has 0 aliphatic carbocycles. The molecule has 0 amide bonds. The minimum absolute atomic E-state index is 0.108. The molecule has 21 heavy (non-hydrogen) atoms. The summed E-state index contributed by atoms with van der Waals surface area (Å²) in [5.74, 6) is -0.231.